The summed E-state index contributed by atoms with van der Waals surface area (Å²) in [5.74, 6) is 0. The van der Waals surface area contributed by atoms with Gasteiger partial charge in [-0.25, -0.2) is 0 Å². The van der Waals surface area contributed by atoms with Crippen molar-refractivity contribution >= 4 is 11.9 Å². The number of hydrogen-bond acceptors (Lipinski definition) is 2. The van der Waals surface area contributed by atoms with Gasteiger partial charge in [-0.15, -0.1) is 0 Å². The van der Waals surface area contributed by atoms with Gasteiger partial charge in [-0.1, -0.05) is 29.8 Å². The molecule has 2 rings (SSSR count). The van der Waals surface area contributed by atoms with E-state index in [-0.39, 0.29) is 0 Å². The lowest BCUT2D eigenvalue weighted by atomic mass is 10.0. The molecule has 2 nitrogen and oxygen atoms in total. The number of rotatable bonds is 3. The van der Waals surface area contributed by atoms with E-state index >= 15 is 0 Å². The van der Waals surface area contributed by atoms with Crippen LogP contribution in [-0.4, -0.2) is 6.21 Å². The molecule has 0 saturated carbocycles. The first kappa shape index (κ1) is 13.3. The SMILES string of the molecule is Cc1cccc(N/N=C/c2c(C)cc(C)cc2C)c1. The first-order chi connectivity index (χ1) is 9.06. The van der Waals surface area contributed by atoms with Gasteiger partial charge in [0.1, 0.15) is 0 Å². The molecule has 0 spiro atoms. The van der Waals surface area contributed by atoms with Gasteiger partial charge in [0, 0.05) is 5.56 Å². The Bertz CT molecular complexity index is 589. The Morgan fingerprint density at radius 2 is 1.58 bits per heavy atom. The summed E-state index contributed by atoms with van der Waals surface area (Å²) >= 11 is 0. The van der Waals surface area contributed by atoms with Gasteiger partial charge in [-0.3, -0.25) is 5.43 Å². The summed E-state index contributed by atoms with van der Waals surface area (Å²) in [5.41, 5.74) is 10.3. The van der Waals surface area contributed by atoms with Gasteiger partial charge in [0.15, 0.2) is 0 Å². The van der Waals surface area contributed by atoms with Crippen molar-refractivity contribution in [3.05, 3.63) is 64.2 Å². The van der Waals surface area contributed by atoms with Crippen molar-refractivity contribution < 1.29 is 0 Å². The molecule has 0 saturated heterocycles. The Kier molecular flexibility index (Phi) is 4.00. The summed E-state index contributed by atoms with van der Waals surface area (Å²) in [6.07, 6.45) is 1.90. The molecular formula is C17H20N2. The van der Waals surface area contributed by atoms with Crippen LogP contribution in [0.3, 0.4) is 0 Å². The summed E-state index contributed by atoms with van der Waals surface area (Å²) in [5, 5.41) is 4.33. The second-order valence-corrected chi connectivity index (χ2v) is 5.05. The van der Waals surface area contributed by atoms with E-state index in [4.69, 9.17) is 0 Å². The molecule has 0 amide bonds. The topological polar surface area (TPSA) is 24.4 Å². The van der Waals surface area contributed by atoms with Crippen molar-refractivity contribution in [1.29, 1.82) is 0 Å². The van der Waals surface area contributed by atoms with Crippen molar-refractivity contribution in [1.82, 2.24) is 0 Å². The second kappa shape index (κ2) is 5.70. The molecule has 1 N–H and O–H groups in total. The molecule has 0 bridgehead atoms. The molecule has 19 heavy (non-hydrogen) atoms. The highest BCUT2D eigenvalue weighted by molar-refractivity contribution is 5.84. The smallest absolute Gasteiger partial charge is 0.0564 e. The van der Waals surface area contributed by atoms with Crippen LogP contribution in [0, 0.1) is 27.7 Å². The Hall–Kier alpha value is -2.09. The monoisotopic (exact) mass is 252 g/mol. The van der Waals surface area contributed by atoms with Crippen LogP contribution in [0.4, 0.5) is 5.69 Å². The number of hydrazone groups is 1. The minimum absolute atomic E-state index is 1.01. The molecule has 0 radical (unpaired) electrons. The zero-order chi connectivity index (χ0) is 13.8. The lowest BCUT2D eigenvalue weighted by molar-refractivity contribution is 1.28. The van der Waals surface area contributed by atoms with Gasteiger partial charge in [-0.2, -0.15) is 5.10 Å². The van der Waals surface area contributed by atoms with E-state index in [1.54, 1.807) is 0 Å². The number of nitrogens with zero attached hydrogens (tertiary/aromatic N) is 1. The zero-order valence-corrected chi connectivity index (χ0v) is 12.0. The average Bonchev–Trinajstić information content (AvgIpc) is 2.32. The van der Waals surface area contributed by atoms with Crippen LogP contribution in [0.25, 0.3) is 0 Å². The summed E-state index contributed by atoms with van der Waals surface area (Å²) in [6, 6.07) is 12.5. The highest BCUT2D eigenvalue weighted by atomic mass is 15.3. The van der Waals surface area contributed by atoms with Crippen LogP contribution in [0.5, 0.6) is 0 Å². The Balaban J connectivity index is 2.16. The van der Waals surface area contributed by atoms with Crippen molar-refractivity contribution in [3.8, 4) is 0 Å². The van der Waals surface area contributed by atoms with E-state index in [1.165, 1.54) is 27.8 Å². The number of aryl methyl sites for hydroxylation is 4. The van der Waals surface area contributed by atoms with Crippen LogP contribution in [0.2, 0.25) is 0 Å². The minimum atomic E-state index is 1.01. The largest absolute Gasteiger partial charge is 0.278 e. The maximum absolute atomic E-state index is 4.33. The van der Waals surface area contributed by atoms with Crippen LogP contribution in [0.1, 0.15) is 27.8 Å². The normalized spacial score (nSPS) is 10.9. The molecule has 0 aliphatic rings. The number of benzene rings is 2. The highest BCUT2D eigenvalue weighted by Gasteiger charge is 2.00. The first-order valence-corrected chi connectivity index (χ1v) is 6.50. The molecule has 0 aromatic heterocycles. The first-order valence-electron chi connectivity index (χ1n) is 6.50. The molecule has 0 unspecified atom stereocenters. The van der Waals surface area contributed by atoms with Crippen LogP contribution in [-0.2, 0) is 0 Å². The fraction of sp³-hybridized carbons (Fsp3) is 0.235. The molecule has 0 fully saturated rings. The molecule has 0 atom stereocenters. The van der Waals surface area contributed by atoms with Gasteiger partial charge in [-0.05, 0) is 56.5 Å². The fourth-order valence-corrected chi connectivity index (χ4v) is 2.28. The molecule has 98 valence electrons. The van der Waals surface area contributed by atoms with Crippen molar-refractivity contribution in [2.24, 2.45) is 5.10 Å². The molecule has 2 aromatic rings. The molecule has 2 aromatic carbocycles. The molecule has 2 heteroatoms. The lowest BCUT2D eigenvalue weighted by Crippen LogP contribution is -1.96. The van der Waals surface area contributed by atoms with Crippen molar-refractivity contribution in [2.45, 2.75) is 27.7 Å². The van der Waals surface area contributed by atoms with Gasteiger partial charge < -0.3 is 0 Å². The predicted octanol–water partition coefficient (Wildman–Crippen LogP) is 4.37. The zero-order valence-electron chi connectivity index (χ0n) is 12.0. The van der Waals surface area contributed by atoms with Gasteiger partial charge >= 0.3 is 0 Å². The van der Waals surface area contributed by atoms with E-state index in [9.17, 15) is 0 Å². The third kappa shape index (κ3) is 3.44. The lowest BCUT2D eigenvalue weighted by Gasteiger charge is -2.07. The quantitative estimate of drug-likeness (QED) is 0.636. The third-order valence-electron chi connectivity index (χ3n) is 3.14. The molecule has 0 aliphatic carbocycles. The number of anilines is 1. The molecular weight excluding hydrogens is 232 g/mol. The van der Waals surface area contributed by atoms with Crippen LogP contribution in [0.15, 0.2) is 41.5 Å². The van der Waals surface area contributed by atoms with Crippen LogP contribution >= 0.6 is 0 Å². The fourth-order valence-electron chi connectivity index (χ4n) is 2.28. The minimum Gasteiger partial charge on any atom is -0.278 e. The number of nitrogens with one attached hydrogen (secondary N) is 1. The van der Waals surface area contributed by atoms with E-state index in [0.29, 0.717) is 0 Å². The van der Waals surface area contributed by atoms with Crippen molar-refractivity contribution in [3.63, 3.8) is 0 Å². The summed E-state index contributed by atoms with van der Waals surface area (Å²) < 4.78 is 0. The maximum Gasteiger partial charge on any atom is 0.0564 e. The second-order valence-electron chi connectivity index (χ2n) is 5.05. The highest BCUT2D eigenvalue weighted by Crippen LogP contribution is 2.14. The van der Waals surface area contributed by atoms with E-state index < -0.39 is 0 Å². The standard InChI is InChI=1S/C17H20N2/c1-12-6-5-7-16(10-12)19-18-11-17-14(3)8-13(2)9-15(17)4/h5-11,19H,1-4H3/b18-11+. The predicted molar refractivity (Wildman–Crippen MR) is 83.0 cm³/mol. The van der Waals surface area contributed by atoms with Gasteiger partial charge in [0.05, 0.1) is 11.9 Å². The number of hydrogen-bond donors (Lipinski definition) is 1. The summed E-state index contributed by atoms with van der Waals surface area (Å²) in [6.45, 7) is 8.43. The van der Waals surface area contributed by atoms with Gasteiger partial charge in [0.2, 0.25) is 0 Å². The summed E-state index contributed by atoms with van der Waals surface area (Å²) in [4.78, 5) is 0. The van der Waals surface area contributed by atoms with E-state index in [2.05, 4.69) is 62.5 Å². The van der Waals surface area contributed by atoms with Crippen LogP contribution < -0.4 is 5.43 Å². The summed E-state index contributed by atoms with van der Waals surface area (Å²) in [7, 11) is 0. The van der Waals surface area contributed by atoms with Crippen molar-refractivity contribution in [2.75, 3.05) is 5.43 Å². The maximum atomic E-state index is 4.33. The Morgan fingerprint density at radius 3 is 2.21 bits per heavy atom. The van der Waals surface area contributed by atoms with Gasteiger partial charge in [0.25, 0.3) is 0 Å². The Morgan fingerprint density at radius 1 is 0.895 bits per heavy atom. The third-order valence-corrected chi connectivity index (χ3v) is 3.14. The average molecular weight is 252 g/mol. The van der Waals surface area contributed by atoms with E-state index in [1.807, 2.05) is 18.3 Å². The van der Waals surface area contributed by atoms with E-state index in [0.717, 1.165) is 5.69 Å². The Labute approximate surface area is 115 Å². The molecule has 0 heterocycles. The molecule has 0 aliphatic heterocycles.